The largest absolute Gasteiger partial charge is 0.311 e. The van der Waals surface area contributed by atoms with Crippen molar-refractivity contribution in [3.8, 4) is 0 Å². The summed E-state index contributed by atoms with van der Waals surface area (Å²) in [4.78, 5) is 0. The van der Waals surface area contributed by atoms with Gasteiger partial charge in [0, 0.05) is 19.6 Å². The number of nitrogens with zero attached hydrogens (tertiary/aromatic N) is 2. The van der Waals surface area contributed by atoms with Crippen molar-refractivity contribution in [3.05, 3.63) is 16.4 Å². The minimum absolute atomic E-state index is 0.526. The van der Waals surface area contributed by atoms with Gasteiger partial charge in [-0.2, -0.15) is 5.10 Å². The normalized spacial score (nSPS) is 18.1. The van der Waals surface area contributed by atoms with Crippen LogP contribution in [0.15, 0.2) is 0 Å². The Morgan fingerprint density at radius 2 is 2.00 bits per heavy atom. The zero-order valence-corrected chi connectivity index (χ0v) is 13.2. The molecule has 1 aliphatic rings. The molecule has 0 spiro atoms. The first kappa shape index (κ1) is 14.9. The maximum Gasteiger partial charge on any atom is 0.0860 e. The van der Waals surface area contributed by atoms with Crippen LogP contribution in [0.4, 0.5) is 0 Å². The second-order valence-electron chi connectivity index (χ2n) is 5.83. The van der Waals surface area contributed by atoms with Gasteiger partial charge in [0.15, 0.2) is 0 Å². The van der Waals surface area contributed by atoms with Gasteiger partial charge in [0.2, 0.25) is 0 Å². The SMILES string of the molecule is CCn1nc(C)c(Cl)c1CNCC1(CC)CCCC1. The molecule has 0 aromatic carbocycles. The van der Waals surface area contributed by atoms with E-state index in [0.717, 1.165) is 36.0 Å². The fourth-order valence-electron chi connectivity index (χ4n) is 3.26. The number of rotatable bonds is 6. The van der Waals surface area contributed by atoms with Crippen molar-refractivity contribution in [3.63, 3.8) is 0 Å². The Bertz CT molecular complexity index is 419. The van der Waals surface area contributed by atoms with E-state index in [-0.39, 0.29) is 0 Å². The van der Waals surface area contributed by atoms with Gasteiger partial charge in [0.05, 0.1) is 16.4 Å². The molecule has 0 atom stereocenters. The summed E-state index contributed by atoms with van der Waals surface area (Å²) in [5.74, 6) is 0. The minimum atomic E-state index is 0.526. The number of aryl methyl sites for hydroxylation is 2. The maximum atomic E-state index is 6.33. The van der Waals surface area contributed by atoms with Crippen molar-refractivity contribution in [1.29, 1.82) is 0 Å². The molecule has 0 bridgehead atoms. The summed E-state index contributed by atoms with van der Waals surface area (Å²) in [6.45, 7) is 9.21. The van der Waals surface area contributed by atoms with Crippen LogP contribution in [0.25, 0.3) is 0 Å². The summed E-state index contributed by atoms with van der Waals surface area (Å²) in [6.07, 6.45) is 6.80. The lowest BCUT2D eigenvalue weighted by Gasteiger charge is -2.27. The van der Waals surface area contributed by atoms with E-state index in [4.69, 9.17) is 11.6 Å². The first-order valence-electron chi connectivity index (χ1n) is 7.54. The van der Waals surface area contributed by atoms with Crippen molar-refractivity contribution < 1.29 is 0 Å². The molecule has 19 heavy (non-hydrogen) atoms. The number of halogens is 1. The summed E-state index contributed by atoms with van der Waals surface area (Å²) in [5.41, 5.74) is 2.59. The summed E-state index contributed by atoms with van der Waals surface area (Å²) in [7, 11) is 0. The molecule has 1 fully saturated rings. The maximum absolute atomic E-state index is 6.33. The molecule has 0 unspecified atom stereocenters. The lowest BCUT2D eigenvalue weighted by atomic mass is 9.83. The van der Waals surface area contributed by atoms with Gasteiger partial charge in [-0.05, 0) is 38.5 Å². The molecule has 0 radical (unpaired) electrons. The molecule has 1 aromatic heterocycles. The van der Waals surface area contributed by atoms with E-state index in [1.165, 1.54) is 32.1 Å². The Balaban J connectivity index is 1.95. The first-order chi connectivity index (χ1) is 9.12. The van der Waals surface area contributed by atoms with Gasteiger partial charge in [-0.1, -0.05) is 31.4 Å². The van der Waals surface area contributed by atoms with Crippen LogP contribution in [0.3, 0.4) is 0 Å². The molecule has 1 aliphatic carbocycles. The highest BCUT2D eigenvalue weighted by Gasteiger charge is 2.31. The van der Waals surface area contributed by atoms with Gasteiger partial charge in [-0.15, -0.1) is 0 Å². The highest BCUT2D eigenvalue weighted by Crippen LogP contribution is 2.40. The highest BCUT2D eigenvalue weighted by atomic mass is 35.5. The smallest absolute Gasteiger partial charge is 0.0860 e. The standard InChI is InChI=1S/C15H26ClN3/c1-4-15(8-6-7-9-15)11-17-10-13-14(16)12(3)18-19(13)5-2/h17H,4-11H2,1-3H3. The molecule has 2 rings (SSSR count). The van der Waals surface area contributed by atoms with E-state index in [1.54, 1.807) is 0 Å². The quantitative estimate of drug-likeness (QED) is 0.857. The molecule has 0 amide bonds. The van der Waals surface area contributed by atoms with Gasteiger partial charge in [-0.3, -0.25) is 4.68 Å². The van der Waals surface area contributed by atoms with E-state index in [9.17, 15) is 0 Å². The van der Waals surface area contributed by atoms with Gasteiger partial charge >= 0.3 is 0 Å². The summed E-state index contributed by atoms with van der Waals surface area (Å²) in [5, 5.41) is 8.91. The van der Waals surface area contributed by atoms with Crippen molar-refractivity contribution in [2.45, 2.75) is 66.0 Å². The molecule has 3 nitrogen and oxygen atoms in total. The van der Waals surface area contributed by atoms with Gasteiger partial charge in [0.1, 0.15) is 0 Å². The van der Waals surface area contributed by atoms with Crippen molar-refractivity contribution >= 4 is 11.6 Å². The molecular formula is C15H26ClN3. The van der Waals surface area contributed by atoms with Crippen molar-refractivity contribution in [2.24, 2.45) is 5.41 Å². The van der Waals surface area contributed by atoms with Crippen LogP contribution < -0.4 is 5.32 Å². The lowest BCUT2D eigenvalue weighted by molar-refractivity contribution is 0.267. The van der Waals surface area contributed by atoms with Crippen LogP contribution in [0.5, 0.6) is 0 Å². The number of nitrogens with one attached hydrogen (secondary N) is 1. The van der Waals surface area contributed by atoms with Crippen LogP contribution in [0.1, 0.15) is 57.3 Å². The third-order valence-corrected chi connectivity index (χ3v) is 5.15. The molecule has 1 aromatic rings. The number of hydrogen-bond acceptors (Lipinski definition) is 2. The van der Waals surface area contributed by atoms with Crippen LogP contribution >= 0.6 is 11.6 Å². The Hall–Kier alpha value is -0.540. The molecule has 0 saturated heterocycles. The second-order valence-corrected chi connectivity index (χ2v) is 6.20. The Morgan fingerprint density at radius 3 is 2.58 bits per heavy atom. The van der Waals surface area contributed by atoms with Gasteiger partial charge < -0.3 is 5.32 Å². The van der Waals surface area contributed by atoms with Crippen LogP contribution in [-0.4, -0.2) is 16.3 Å². The van der Waals surface area contributed by atoms with E-state index in [2.05, 4.69) is 24.3 Å². The zero-order chi connectivity index (χ0) is 13.9. The Kier molecular flexibility index (Phi) is 4.91. The first-order valence-corrected chi connectivity index (χ1v) is 7.92. The predicted molar refractivity (Wildman–Crippen MR) is 80.5 cm³/mol. The summed E-state index contributed by atoms with van der Waals surface area (Å²) in [6, 6.07) is 0. The molecular weight excluding hydrogens is 258 g/mol. The van der Waals surface area contributed by atoms with Gasteiger partial charge in [0.25, 0.3) is 0 Å². The third-order valence-electron chi connectivity index (χ3n) is 4.66. The monoisotopic (exact) mass is 283 g/mol. The Labute approximate surface area is 121 Å². The molecule has 1 N–H and O–H groups in total. The molecule has 1 heterocycles. The van der Waals surface area contributed by atoms with Crippen LogP contribution in [0.2, 0.25) is 5.02 Å². The average molecular weight is 284 g/mol. The van der Waals surface area contributed by atoms with Crippen LogP contribution in [0, 0.1) is 12.3 Å². The van der Waals surface area contributed by atoms with E-state index >= 15 is 0 Å². The second kappa shape index (κ2) is 6.27. The van der Waals surface area contributed by atoms with Gasteiger partial charge in [-0.25, -0.2) is 0 Å². The van der Waals surface area contributed by atoms with Crippen LogP contribution in [-0.2, 0) is 13.1 Å². The van der Waals surface area contributed by atoms with Crippen molar-refractivity contribution in [2.75, 3.05) is 6.54 Å². The minimum Gasteiger partial charge on any atom is -0.311 e. The van der Waals surface area contributed by atoms with E-state index in [0.29, 0.717) is 5.41 Å². The molecule has 108 valence electrons. The summed E-state index contributed by atoms with van der Waals surface area (Å²) < 4.78 is 2.01. The van der Waals surface area contributed by atoms with Crippen molar-refractivity contribution in [1.82, 2.24) is 15.1 Å². The topological polar surface area (TPSA) is 29.9 Å². The highest BCUT2D eigenvalue weighted by molar-refractivity contribution is 6.31. The lowest BCUT2D eigenvalue weighted by Crippen LogP contribution is -2.31. The third kappa shape index (κ3) is 3.14. The zero-order valence-electron chi connectivity index (χ0n) is 12.4. The Morgan fingerprint density at radius 1 is 1.32 bits per heavy atom. The predicted octanol–water partition coefficient (Wildman–Crippen LogP) is 3.92. The van der Waals surface area contributed by atoms with E-state index < -0.39 is 0 Å². The number of aromatic nitrogens is 2. The molecule has 0 aliphatic heterocycles. The summed E-state index contributed by atoms with van der Waals surface area (Å²) >= 11 is 6.33. The molecule has 1 saturated carbocycles. The molecule has 4 heteroatoms. The number of hydrogen-bond donors (Lipinski definition) is 1. The fourth-order valence-corrected chi connectivity index (χ4v) is 3.47. The fraction of sp³-hybridized carbons (Fsp3) is 0.800. The van der Waals surface area contributed by atoms with E-state index in [1.807, 2.05) is 11.6 Å². The average Bonchev–Trinajstić information content (AvgIpc) is 2.99.